The van der Waals surface area contributed by atoms with Gasteiger partial charge in [0.1, 0.15) is 10.3 Å². The van der Waals surface area contributed by atoms with Gasteiger partial charge in [0.25, 0.3) is 10.0 Å². The van der Waals surface area contributed by atoms with Crippen molar-refractivity contribution in [1.29, 1.82) is 0 Å². The molecule has 2 heterocycles. The van der Waals surface area contributed by atoms with Gasteiger partial charge in [-0.15, -0.1) is 11.3 Å². The third kappa shape index (κ3) is 2.81. The zero-order valence-electron chi connectivity index (χ0n) is 10.6. The first-order chi connectivity index (χ1) is 8.96. The van der Waals surface area contributed by atoms with E-state index < -0.39 is 16.1 Å². The molecule has 0 aromatic carbocycles. The molecule has 1 aliphatic heterocycles. The Labute approximate surface area is 116 Å². The molecule has 1 aliphatic rings. The molecule has 8 heteroatoms. The Balaban J connectivity index is 2.27. The SMILES string of the molecule is CC1C(=O)NCCN1S(=O)(=O)c1ccc(CCN)s1. The van der Waals surface area contributed by atoms with E-state index in [1.807, 2.05) is 0 Å². The number of sulfonamides is 1. The normalized spacial score (nSPS) is 21.4. The summed E-state index contributed by atoms with van der Waals surface area (Å²) in [5, 5.41) is 2.65. The van der Waals surface area contributed by atoms with E-state index in [0.717, 1.165) is 4.88 Å². The summed E-state index contributed by atoms with van der Waals surface area (Å²) < 4.78 is 26.5. The van der Waals surface area contributed by atoms with Crippen molar-refractivity contribution in [3.05, 3.63) is 17.0 Å². The summed E-state index contributed by atoms with van der Waals surface area (Å²) in [6, 6.07) is 2.70. The van der Waals surface area contributed by atoms with Crippen molar-refractivity contribution < 1.29 is 13.2 Å². The predicted molar refractivity (Wildman–Crippen MR) is 73.4 cm³/mol. The zero-order chi connectivity index (χ0) is 14.0. The number of hydrogen-bond donors (Lipinski definition) is 2. The molecule has 106 valence electrons. The van der Waals surface area contributed by atoms with Gasteiger partial charge in [-0.05, 0) is 32.0 Å². The van der Waals surface area contributed by atoms with E-state index in [1.54, 1.807) is 19.1 Å². The second kappa shape index (κ2) is 5.58. The van der Waals surface area contributed by atoms with Crippen molar-refractivity contribution in [1.82, 2.24) is 9.62 Å². The molecule has 1 saturated heterocycles. The van der Waals surface area contributed by atoms with Gasteiger partial charge in [0.15, 0.2) is 0 Å². The third-order valence-electron chi connectivity index (χ3n) is 3.03. The molecule has 3 N–H and O–H groups in total. The first-order valence-corrected chi connectivity index (χ1v) is 8.31. The molecule has 0 radical (unpaired) electrons. The lowest BCUT2D eigenvalue weighted by molar-refractivity contribution is -0.126. The standard InChI is InChI=1S/C11H17N3O3S2/c1-8-11(15)13-6-7-14(8)19(16,17)10-3-2-9(18-10)4-5-12/h2-3,8H,4-7,12H2,1H3,(H,13,15). The van der Waals surface area contributed by atoms with E-state index >= 15 is 0 Å². The second-order valence-electron chi connectivity index (χ2n) is 4.34. The average Bonchev–Trinajstić information content (AvgIpc) is 2.82. The minimum absolute atomic E-state index is 0.256. The first kappa shape index (κ1) is 14.4. The number of rotatable bonds is 4. The van der Waals surface area contributed by atoms with Gasteiger partial charge >= 0.3 is 0 Å². The van der Waals surface area contributed by atoms with Crippen LogP contribution in [0.25, 0.3) is 0 Å². The van der Waals surface area contributed by atoms with E-state index in [1.165, 1.54) is 15.6 Å². The van der Waals surface area contributed by atoms with Crippen LogP contribution >= 0.6 is 11.3 Å². The van der Waals surface area contributed by atoms with Crippen LogP contribution in [-0.2, 0) is 21.2 Å². The van der Waals surface area contributed by atoms with Gasteiger partial charge in [0.2, 0.25) is 5.91 Å². The maximum Gasteiger partial charge on any atom is 0.253 e. The lowest BCUT2D eigenvalue weighted by Crippen LogP contribution is -2.55. The molecular formula is C11H17N3O3S2. The van der Waals surface area contributed by atoms with Crippen molar-refractivity contribution >= 4 is 27.3 Å². The van der Waals surface area contributed by atoms with Crippen molar-refractivity contribution in [3.63, 3.8) is 0 Å². The van der Waals surface area contributed by atoms with E-state index in [9.17, 15) is 13.2 Å². The van der Waals surface area contributed by atoms with E-state index in [4.69, 9.17) is 5.73 Å². The molecule has 0 aliphatic carbocycles. The van der Waals surface area contributed by atoms with E-state index in [0.29, 0.717) is 26.1 Å². The van der Waals surface area contributed by atoms with E-state index in [2.05, 4.69) is 5.32 Å². The smallest absolute Gasteiger partial charge is 0.253 e. The number of carbonyl (C=O) groups is 1. The van der Waals surface area contributed by atoms with Crippen LogP contribution in [0.15, 0.2) is 16.3 Å². The monoisotopic (exact) mass is 303 g/mol. The number of nitrogens with one attached hydrogen (secondary N) is 1. The largest absolute Gasteiger partial charge is 0.353 e. The molecule has 2 rings (SSSR count). The molecule has 0 saturated carbocycles. The second-order valence-corrected chi connectivity index (χ2v) is 7.63. The molecule has 1 aromatic heterocycles. The predicted octanol–water partition coefficient (Wildman–Crippen LogP) is -0.242. The van der Waals surface area contributed by atoms with Gasteiger partial charge < -0.3 is 11.1 Å². The fraction of sp³-hybridized carbons (Fsp3) is 0.545. The number of nitrogens with zero attached hydrogens (tertiary/aromatic N) is 1. The fourth-order valence-corrected chi connectivity index (χ4v) is 5.07. The van der Waals surface area contributed by atoms with Crippen LogP contribution in [0.4, 0.5) is 0 Å². The summed E-state index contributed by atoms with van der Waals surface area (Å²) in [6.07, 6.45) is 0.663. The summed E-state index contributed by atoms with van der Waals surface area (Å²) in [5.41, 5.74) is 5.46. The van der Waals surface area contributed by atoms with Crippen molar-refractivity contribution in [2.75, 3.05) is 19.6 Å². The Morgan fingerprint density at radius 1 is 1.53 bits per heavy atom. The molecule has 1 amide bonds. The van der Waals surface area contributed by atoms with Crippen LogP contribution < -0.4 is 11.1 Å². The van der Waals surface area contributed by atoms with Gasteiger partial charge in [-0.3, -0.25) is 4.79 Å². The van der Waals surface area contributed by atoms with Crippen LogP contribution in [0.1, 0.15) is 11.8 Å². The van der Waals surface area contributed by atoms with Crippen molar-refractivity contribution in [2.24, 2.45) is 5.73 Å². The Hall–Kier alpha value is -0.960. The third-order valence-corrected chi connectivity index (χ3v) is 6.62. The molecular weight excluding hydrogens is 286 g/mol. The number of carbonyl (C=O) groups excluding carboxylic acids is 1. The number of piperazine rings is 1. The van der Waals surface area contributed by atoms with Crippen molar-refractivity contribution in [2.45, 2.75) is 23.6 Å². The summed E-state index contributed by atoms with van der Waals surface area (Å²) in [6.45, 7) is 2.74. The summed E-state index contributed by atoms with van der Waals surface area (Å²) in [7, 11) is -3.59. The maximum atomic E-state index is 12.5. The molecule has 1 unspecified atom stereocenters. The lowest BCUT2D eigenvalue weighted by atomic mass is 10.2. The number of nitrogens with two attached hydrogens (primary N) is 1. The van der Waals surface area contributed by atoms with Gasteiger partial charge in [0, 0.05) is 18.0 Å². The molecule has 0 bridgehead atoms. The first-order valence-electron chi connectivity index (χ1n) is 6.05. The molecule has 1 aromatic rings. The van der Waals surface area contributed by atoms with Gasteiger partial charge in [-0.1, -0.05) is 0 Å². The zero-order valence-corrected chi connectivity index (χ0v) is 12.3. The van der Waals surface area contributed by atoms with E-state index in [-0.39, 0.29) is 10.1 Å². The Bertz CT molecular complexity index is 567. The Morgan fingerprint density at radius 3 is 2.95 bits per heavy atom. The highest BCUT2D eigenvalue weighted by atomic mass is 32.2. The number of amides is 1. The van der Waals surface area contributed by atoms with Crippen LogP contribution in [-0.4, -0.2) is 44.3 Å². The maximum absolute atomic E-state index is 12.5. The molecule has 6 nitrogen and oxygen atoms in total. The summed E-state index contributed by atoms with van der Waals surface area (Å²) in [5.74, 6) is -0.256. The quantitative estimate of drug-likeness (QED) is 0.803. The number of thiophene rings is 1. The Kier molecular flexibility index (Phi) is 4.24. The average molecular weight is 303 g/mol. The van der Waals surface area contributed by atoms with Crippen LogP contribution in [0.2, 0.25) is 0 Å². The topological polar surface area (TPSA) is 92.5 Å². The summed E-state index contributed by atoms with van der Waals surface area (Å²) >= 11 is 1.22. The molecule has 1 fully saturated rings. The van der Waals surface area contributed by atoms with Crippen molar-refractivity contribution in [3.8, 4) is 0 Å². The summed E-state index contributed by atoms with van der Waals surface area (Å²) in [4.78, 5) is 12.5. The lowest BCUT2D eigenvalue weighted by Gasteiger charge is -2.31. The van der Waals surface area contributed by atoms with Gasteiger partial charge in [-0.25, -0.2) is 8.42 Å². The minimum Gasteiger partial charge on any atom is -0.353 e. The Morgan fingerprint density at radius 2 is 2.26 bits per heavy atom. The van der Waals surface area contributed by atoms with Crippen LogP contribution in [0, 0.1) is 0 Å². The van der Waals surface area contributed by atoms with Crippen LogP contribution in [0.5, 0.6) is 0 Å². The fourth-order valence-electron chi connectivity index (χ4n) is 1.98. The molecule has 1 atom stereocenters. The minimum atomic E-state index is -3.59. The van der Waals surface area contributed by atoms with Gasteiger partial charge in [-0.2, -0.15) is 4.31 Å². The highest BCUT2D eigenvalue weighted by molar-refractivity contribution is 7.91. The molecule has 0 spiro atoms. The highest BCUT2D eigenvalue weighted by Crippen LogP contribution is 2.27. The number of hydrogen-bond acceptors (Lipinski definition) is 5. The highest BCUT2D eigenvalue weighted by Gasteiger charge is 2.36. The molecule has 19 heavy (non-hydrogen) atoms. The van der Waals surface area contributed by atoms with Crippen LogP contribution in [0.3, 0.4) is 0 Å². The van der Waals surface area contributed by atoms with Gasteiger partial charge in [0.05, 0.1) is 0 Å².